The van der Waals surface area contributed by atoms with Gasteiger partial charge in [-0.3, -0.25) is 14.4 Å². The smallest absolute Gasteiger partial charge is 0.317 e. The fourth-order valence-electron chi connectivity index (χ4n) is 3.56. The zero-order valence-electron chi connectivity index (χ0n) is 15.0. The van der Waals surface area contributed by atoms with E-state index in [0.717, 1.165) is 0 Å². The highest BCUT2D eigenvalue weighted by molar-refractivity contribution is 6.30. The van der Waals surface area contributed by atoms with Crippen LogP contribution in [0, 0.1) is 11.8 Å². The quantitative estimate of drug-likeness (QED) is 0.621. The Morgan fingerprint density at radius 1 is 1.15 bits per heavy atom. The normalized spacial score (nSPS) is 28.5. The standard InChI is InChI=1S/C19H23ClO6/c1-4-25-17(22)15-13(21)10-19(3,24)16(18(23)26-5-2)14(15)11-6-8-12(20)9-7-11/h6-9,14-16,24H,4-5,10H2,1-3H3/t14-,15-,16+,19-/m0/s1. The Kier molecular flexibility index (Phi) is 6.42. The molecule has 4 atom stereocenters. The highest BCUT2D eigenvalue weighted by atomic mass is 35.5. The average Bonchev–Trinajstić information content (AvgIpc) is 2.54. The molecule has 0 aromatic heterocycles. The number of rotatable bonds is 5. The van der Waals surface area contributed by atoms with Crippen molar-refractivity contribution in [1.82, 2.24) is 0 Å². The molecule has 0 aliphatic heterocycles. The third-order valence-corrected chi connectivity index (χ3v) is 4.86. The summed E-state index contributed by atoms with van der Waals surface area (Å²) >= 11 is 5.93. The first-order valence-electron chi connectivity index (χ1n) is 8.56. The van der Waals surface area contributed by atoms with E-state index >= 15 is 0 Å². The van der Waals surface area contributed by atoms with Gasteiger partial charge in [-0.15, -0.1) is 0 Å². The molecule has 1 saturated carbocycles. The molecule has 0 amide bonds. The molecule has 142 valence electrons. The van der Waals surface area contributed by atoms with Crippen LogP contribution in [0.15, 0.2) is 24.3 Å². The van der Waals surface area contributed by atoms with Crippen molar-refractivity contribution in [2.45, 2.75) is 38.7 Å². The van der Waals surface area contributed by atoms with Crippen LogP contribution in [0.5, 0.6) is 0 Å². The molecule has 1 aliphatic rings. The molecule has 0 radical (unpaired) electrons. The monoisotopic (exact) mass is 382 g/mol. The van der Waals surface area contributed by atoms with Crippen molar-refractivity contribution in [2.75, 3.05) is 13.2 Å². The van der Waals surface area contributed by atoms with Gasteiger partial charge in [0.25, 0.3) is 0 Å². The third-order valence-electron chi connectivity index (χ3n) is 4.60. The number of benzene rings is 1. The minimum absolute atomic E-state index is 0.108. The molecule has 7 heteroatoms. The number of carbonyl (C=O) groups excluding carboxylic acids is 3. The molecule has 6 nitrogen and oxygen atoms in total. The summed E-state index contributed by atoms with van der Waals surface area (Å²) in [6.45, 7) is 4.94. The Hall–Kier alpha value is -1.92. The second-order valence-corrected chi connectivity index (χ2v) is 6.97. The van der Waals surface area contributed by atoms with Gasteiger partial charge in [0.15, 0.2) is 5.78 Å². The summed E-state index contributed by atoms with van der Waals surface area (Å²) in [5.41, 5.74) is -1.10. The number of ketones is 1. The maximum Gasteiger partial charge on any atom is 0.317 e. The summed E-state index contributed by atoms with van der Waals surface area (Å²) in [4.78, 5) is 37.8. The van der Waals surface area contributed by atoms with E-state index in [0.29, 0.717) is 10.6 Å². The molecule has 0 heterocycles. The van der Waals surface area contributed by atoms with E-state index in [4.69, 9.17) is 21.1 Å². The van der Waals surface area contributed by atoms with Crippen LogP contribution in [0.3, 0.4) is 0 Å². The zero-order chi connectivity index (χ0) is 19.5. The highest BCUT2D eigenvalue weighted by Crippen LogP contribution is 2.46. The number of Topliss-reactive ketones (excluding diaryl/α,β-unsaturated/α-hetero) is 1. The lowest BCUT2D eigenvalue weighted by molar-refractivity contribution is -0.172. The van der Waals surface area contributed by atoms with Crippen LogP contribution in [0.2, 0.25) is 5.02 Å². The van der Waals surface area contributed by atoms with E-state index in [2.05, 4.69) is 0 Å². The van der Waals surface area contributed by atoms with Gasteiger partial charge < -0.3 is 14.6 Å². The van der Waals surface area contributed by atoms with Crippen LogP contribution in [0.4, 0.5) is 0 Å². The maximum atomic E-state index is 12.7. The number of halogens is 1. The largest absolute Gasteiger partial charge is 0.466 e. The number of aliphatic hydroxyl groups is 1. The fourth-order valence-corrected chi connectivity index (χ4v) is 3.69. The van der Waals surface area contributed by atoms with Gasteiger partial charge in [0.1, 0.15) is 5.92 Å². The lowest BCUT2D eigenvalue weighted by atomic mass is 9.62. The summed E-state index contributed by atoms with van der Waals surface area (Å²) in [5, 5.41) is 11.3. The molecule has 0 spiro atoms. The molecule has 26 heavy (non-hydrogen) atoms. The first kappa shape index (κ1) is 20.4. The molecule has 0 bridgehead atoms. The molecule has 1 fully saturated rings. The third kappa shape index (κ3) is 4.07. The van der Waals surface area contributed by atoms with Crippen molar-refractivity contribution in [3.63, 3.8) is 0 Å². The average molecular weight is 383 g/mol. The van der Waals surface area contributed by atoms with Crippen LogP contribution in [-0.2, 0) is 23.9 Å². The Balaban J connectivity index is 2.59. The van der Waals surface area contributed by atoms with Crippen LogP contribution >= 0.6 is 11.6 Å². The van der Waals surface area contributed by atoms with Gasteiger partial charge in [-0.25, -0.2) is 0 Å². The summed E-state index contributed by atoms with van der Waals surface area (Å²) in [7, 11) is 0. The number of hydrogen-bond acceptors (Lipinski definition) is 6. The highest BCUT2D eigenvalue weighted by Gasteiger charge is 2.57. The van der Waals surface area contributed by atoms with Gasteiger partial charge in [0.05, 0.1) is 24.7 Å². The summed E-state index contributed by atoms with van der Waals surface area (Å²) in [6, 6.07) is 6.49. The Morgan fingerprint density at radius 3 is 2.23 bits per heavy atom. The topological polar surface area (TPSA) is 89.9 Å². The SMILES string of the molecule is CCOC(=O)[C@H]1C(=O)C[C@](C)(O)[C@@H](C(=O)OCC)[C@H]1c1ccc(Cl)cc1. The molecule has 1 aromatic rings. The van der Waals surface area contributed by atoms with Gasteiger partial charge in [-0.05, 0) is 38.5 Å². The molecular weight excluding hydrogens is 360 g/mol. The van der Waals surface area contributed by atoms with E-state index in [9.17, 15) is 19.5 Å². The molecule has 0 unspecified atom stereocenters. The first-order valence-corrected chi connectivity index (χ1v) is 8.94. The molecule has 1 N–H and O–H groups in total. The minimum Gasteiger partial charge on any atom is -0.466 e. The second-order valence-electron chi connectivity index (χ2n) is 6.54. The summed E-state index contributed by atoms with van der Waals surface area (Å²) < 4.78 is 10.2. The molecule has 2 rings (SSSR count). The number of esters is 2. The first-order chi connectivity index (χ1) is 12.2. The van der Waals surface area contributed by atoms with Crippen molar-refractivity contribution in [3.05, 3.63) is 34.9 Å². The summed E-state index contributed by atoms with van der Waals surface area (Å²) in [5.74, 6) is -5.00. The van der Waals surface area contributed by atoms with Crippen LogP contribution < -0.4 is 0 Å². The number of hydrogen-bond donors (Lipinski definition) is 1. The van der Waals surface area contributed by atoms with E-state index in [1.165, 1.54) is 6.92 Å². The van der Waals surface area contributed by atoms with E-state index < -0.39 is 41.1 Å². The Morgan fingerprint density at radius 2 is 1.69 bits per heavy atom. The van der Waals surface area contributed by atoms with Gasteiger partial charge in [-0.2, -0.15) is 0 Å². The predicted octanol–water partition coefficient (Wildman–Crippen LogP) is 2.51. The second kappa shape index (κ2) is 8.18. The molecule has 0 saturated heterocycles. The zero-order valence-corrected chi connectivity index (χ0v) is 15.8. The van der Waals surface area contributed by atoms with Gasteiger partial charge in [0.2, 0.25) is 0 Å². The van der Waals surface area contributed by atoms with Crippen LogP contribution in [-0.4, -0.2) is 41.6 Å². The van der Waals surface area contributed by atoms with Crippen LogP contribution in [0.25, 0.3) is 0 Å². The lowest BCUT2D eigenvalue weighted by Gasteiger charge is -2.43. The van der Waals surface area contributed by atoms with Gasteiger partial charge in [0, 0.05) is 17.4 Å². The lowest BCUT2D eigenvalue weighted by Crippen LogP contribution is -2.55. The van der Waals surface area contributed by atoms with Crippen molar-refractivity contribution >= 4 is 29.3 Å². The molecule has 1 aliphatic carbocycles. The van der Waals surface area contributed by atoms with Crippen molar-refractivity contribution in [2.24, 2.45) is 11.8 Å². The van der Waals surface area contributed by atoms with Crippen molar-refractivity contribution < 1.29 is 29.0 Å². The van der Waals surface area contributed by atoms with Gasteiger partial charge in [-0.1, -0.05) is 23.7 Å². The minimum atomic E-state index is -1.64. The van der Waals surface area contributed by atoms with Crippen LogP contribution in [0.1, 0.15) is 38.7 Å². The van der Waals surface area contributed by atoms with Crippen molar-refractivity contribution in [3.8, 4) is 0 Å². The Labute approximate surface area is 157 Å². The maximum absolute atomic E-state index is 12.7. The van der Waals surface area contributed by atoms with Crippen molar-refractivity contribution in [1.29, 1.82) is 0 Å². The van der Waals surface area contributed by atoms with E-state index in [1.807, 2.05) is 0 Å². The number of ether oxygens (including phenoxy) is 2. The van der Waals surface area contributed by atoms with E-state index in [-0.39, 0.29) is 19.6 Å². The predicted molar refractivity (Wildman–Crippen MR) is 94.7 cm³/mol. The molecule has 1 aromatic carbocycles. The van der Waals surface area contributed by atoms with E-state index in [1.54, 1.807) is 38.1 Å². The molecular formula is C19H23ClO6. The summed E-state index contributed by atoms with van der Waals surface area (Å²) in [6.07, 6.45) is -0.329. The fraction of sp³-hybridized carbons (Fsp3) is 0.526. The van der Waals surface area contributed by atoms with Gasteiger partial charge >= 0.3 is 11.9 Å². The Bertz CT molecular complexity index is 682. The number of carbonyl (C=O) groups is 3.